The van der Waals surface area contributed by atoms with Crippen LogP contribution in [-0.2, 0) is 12.7 Å². The van der Waals surface area contributed by atoms with E-state index >= 15 is 0 Å². The van der Waals surface area contributed by atoms with Crippen LogP contribution in [0.5, 0.6) is 0 Å². The molecule has 3 nitrogen and oxygen atoms in total. The highest BCUT2D eigenvalue weighted by atomic mass is 19.4. The maximum atomic E-state index is 12.8. The fourth-order valence-corrected chi connectivity index (χ4v) is 2.67. The van der Waals surface area contributed by atoms with Gasteiger partial charge in [-0.2, -0.15) is 13.2 Å². The second kappa shape index (κ2) is 5.24. The molecule has 0 bridgehead atoms. The Morgan fingerprint density at radius 3 is 2.60 bits per heavy atom. The van der Waals surface area contributed by atoms with Crippen molar-refractivity contribution in [3.05, 3.63) is 23.4 Å². The first-order valence-corrected chi connectivity index (χ1v) is 6.75. The lowest BCUT2D eigenvalue weighted by Crippen LogP contribution is -2.41. The van der Waals surface area contributed by atoms with Crippen LogP contribution < -0.4 is 10.6 Å². The zero-order valence-electron chi connectivity index (χ0n) is 11.8. The summed E-state index contributed by atoms with van der Waals surface area (Å²) >= 11 is 0. The standard InChI is InChI=1S/C14H20F3N3/c1-13(2)6-3-7-20(9-13)12-10(8-18)4-5-11(19-12)14(15,16)17/h4-5H,3,6-9,18H2,1-2H3. The molecule has 0 amide bonds. The molecule has 1 aliphatic heterocycles. The van der Waals surface area contributed by atoms with E-state index in [-0.39, 0.29) is 12.0 Å². The van der Waals surface area contributed by atoms with Gasteiger partial charge >= 0.3 is 6.18 Å². The first-order valence-electron chi connectivity index (χ1n) is 6.75. The Morgan fingerprint density at radius 2 is 2.05 bits per heavy atom. The first kappa shape index (κ1) is 15.1. The van der Waals surface area contributed by atoms with Gasteiger partial charge in [-0.15, -0.1) is 0 Å². The van der Waals surface area contributed by atoms with E-state index in [4.69, 9.17) is 5.73 Å². The molecule has 2 N–H and O–H groups in total. The van der Waals surface area contributed by atoms with E-state index in [1.54, 1.807) is 0 Å². The number of hydrogen-bond acceptors (Lipinski definition) is 3. The van der Waals surface area contributed by atoms with Crippen LogP contribution >= 0.6 is 0 Å². The Morgan fingerprint density at radius 1 is 1.35 bits per heavy atom. The fourth-order valence-electron chi connectivity index (χ4n) is 2.67. The number of nitrogens with zero attached hydrogens (tertiary/aromatic N) is 2. The molecule has 6 heteroatoms. The van der Waals surface area contributed by atoms with Crippen molar-refractivity contribution < 1.29 is 13.2 Å². The van der Waals surface area contributed by atoms with Gasteiger partial charge < -0.3 is 10.6 Å². The molecular formula is C14H20F3N3. The molecule has 0 atom stereocenters. The monoisotopic (exact) mass is 287 g/mol. The summed E-state index contributed by atoms with van der Waals surface area (Å²) in [5.74, 6) is 0.384. The number of anilines is 1. The average Bonchev–Trinajstić information content (AvgIpc) is 2.35. The van der Waals surface area contributed by atoms with Gasteiger partial charge in [0.2, 0.25) is 0 Å². The number of piperidine rings is 1. The topological polar surface area (TPSA) is 42.2 Å². The van der Waals surface area contributed by atoms with Gasteiger partial charge in [0.05, 0.1) is 0 Å². The van der Waals surface area contributed by atoms with Gasteiger partial charge in [0.1, 0.15) is 11.5 Å². The largest absolute Gasteiger partial charge is 0.433 e. The van der Waals surface area contributed by atoms with Gasteiger partial charge in [-0.05, 0) is 24.3 Å². The molecule has 0 unspecified atom stereocenters. The van der Waals surface area contributed by atoms with Crippen molar-refractivity contribution in [3.8, 4) is 0 Å². The van der Waals surface area contributed by atoms with Crippen LogP contribution in [0.15, 0.2) is 12.1 Å². The number of pyridine rings is 1. The number of aromatic nitrogens is 1. The SMILES string of the molecule is CC1(C)CCCN(c2nc(C(F)(F)F)ccc2CN)C1. The summed E-state index contributed by atoms with van der Waals surface area (Å²) in [5.41, 5.74) is 5.53. The van der Waals surface area contributed by atoms with Crippen LogP contribution in [0.4, 0.5) is 19.0 Å². The lowest BCUT2D eigenvalue weighted by molar-refractivity contribution is -0.141. The summed E-state index contributed by atoms with van der Waals surface area (Å²) in [6, 6.07) is 2.44. The number of rotatable bonds is 2. The smallest absolute Gasteiger partial charge is 0.356 e. The molecule has 0 spiro atoms. The molecule has 112 valence electrons. The highest BCUT2D eigenvalue weighted by Crippen LogP contribution is 2.34. The number of alkyl halides is 3. The minimum absolute atomic E-state index is 0.0834. The molecule has 0 aromatic carbocycles. The lowest BCUT2D eigenvalue weighted by Gasteiger charge is -2.39. The van der Waals surface area contributed by atoms with Crippen molar-refractivity contribution in [1.29, 1.82) is 0 Å². The normalized spacial score (nSPS) is 19.2. The number of nitrogens with two attached hydrogens (primary N) is 1. The quantitative estimate of drug-likeness (QED) is 0.908. The molecule has 0 aliphatic carbocycles. The van der Waals surface area contributed by atoms with Gasteiger partial charge in [0.15, 0.2) is 0 Å². The van der Waals surface area contributed by atoms with Crippen LogP contribution in [0.25, 0.3) is 0 Å². The van der Waals surface area contributed by atoms with Gasteiger partial charge in [-0.3, -0.25) is 0 Å². The predicted octanol–water partition coefficient (Wildman–Crippen LogP) is 3.19. The van der Waals surface area contributed by atoms with Gasteiger partial charge in [0, 0.05) is 25.2 Å². The molecule has 1 aromatic heterocycles. The summed E-state index contributed by atoms with van der Waals surface area (Å²) in [7, 11) is 0. The number of hydrogen-bond donors (Lipinski definition) is 1. The van der Waals surface area contributed by atoms with E-state index in [1.807, 2.05) is 4.90 Å². The van der Waals surface area contributed by atoms with E-state index in [2.05, 4.69) is 18.8 Å². The third-order valence-electron chi connectivity index (χ3n) is 3.67. The Kier molecular flexibility index (Phi) is 3.95. The van der Waals surface area contributed by atoms with E-state index in [1.165, 1.54) is 6.07 Å². The van der Waals surface area contributed by atoms with Crippen molar-refractivity contribution in [3.63, 3.8) is 0 Å². The average molecular weight is 287 g/mol. The van der Waals surface area contributed by atoms with Crippen LogP contribution in [0.3, 0.4) is 0 Å². The van der Waals surface area contributed by atoms with Crippen molar-refractivity contribution in [2.75, 3.05) is 18.0 Å². The van der Waals surface area contributed by atoms with E-state index in [0.717, 1.165) is 25.5 Å². The van der Waals surface area contributed by atoms with Crippen molar-refractivity contribution in [2.24, 2.45) is 11.1 Å². The second-order valence-electron chi connectivity index (χ2n) is 6.07. The third-order valence-corrected chi connectivity index (χ3v) is 3.67. The molecular weight excluding hydrogens is 267 g/mol. The Labute approximate surface area is 117 Å². The summed E-state index contributed by atoms with van der Waals surface area (Å²) in [6.07, 6.45) is -2.40. The Bertz CT molecular complexity index is 483. The van der Waals surface area contributed by atoms with Gasteiger partial charge in [-0.1, -0.05) is 19.9 Å². The Balaban J connectivity index is 2.38. The third kappa shape index (κ3) is 3.23. The molecule has 1 saturated heterocycles. The summed E-state index contributed by atoms with van der Waals surface area (Å²) < 4.78 is 38.4. The maximum absolute atomic E-state index is 12.8. The van der Waals surface area contributed by atoms with Crippen molar-refractivity contribution in [2.45, 2.75) is 39.4 Å². The zero-order chi connectivity index (χ0) is 15.0. The molecule has 1 fully saturated rings. The minimum atomic E-state index is -4.42. The van der Waals surface area contributed by atoms with E-state index in [9.17, 15) is 13.2 Å². The summed E-state index contributed by atoms with van der Waals surface area (Å²) in [4.78, 5) is 5.76. The van der Waals surface area contributed by atoms with E-state index < -0.39 is 11.9 Å². The minimum Gasteiger partial charge on any atom is -0.356 e. The van der Waals surface area contributed by atoms with Crippen molar-refractivity contribution >= 4 is 5.82 Å². The van der Waals surface area contributed by atoms with Crippen molar-refractivity contribution in [1.82, 2.24) is 4.98 Å². The van der Waals surface area contributed by atoms with Gasteiger partial charge in [-0.25, -0.2) is 4.98 Å². The maximum Gasteiger partial charge on any atom is 0.433 e. The molecule has 1 aliphatic rings. The molecule has 2 heterocycles. The number of halogens is 3. The highest BCUT2D eigenvalue weighted by Gasteiger charge is 2.34. The summed E-state index contributed by atoms with van der Waals surface area (Å²) in [6.45, 7) is 5.86. The van der Waals surface area contributed by atoms with Crippen LogP contribution in [0.2, 0.25) is 0 Å². The van der Waals surface area contributed by atoms with E-state index in [0.29, 0.717) is 17.9 Å². The molecule has 0 saturated carbocycles. The Hall–Kier alpha value is -1.30. The fraction of sp³-hybridized carbons (Fsp3) is 0.643. The van der Waals surface area contributed by atoms with Gasteiger partial charge in [0.25, 0.3) is 0 Å². The first-order chi connectivity index (χ1) is 9.23. The van der Waals surface area contributed by atoms with Crippen LogP contribution in [0, 0.1) is 5.41 Å². The predicted molar refractivity (Wildman–Crippen MR) is 72.4 cm³/mol. The molecule has 20 heavy (non-hydrogen) atoms. The lowest BCUT2D eigenvalue weighted by atomic mass is 9.84. The summed E-state index contributed by atoms with van der Waals surface area (Å²) in [5, 5.41) is 0. The van der Waals surface area contributed by atoms with Crippen LogP contribution in [-0.4, -0.2) is 18.1 Å². The molecule has 2 rings (SSSR count). The molecule has 0 radical (unpaired) electrons. The molecule has 1 aromatic rings. The van der Waals surface area contributed by atoms with Crippen LogP contribution in [0.1, 0.15) is 37.9 Å². The highest BCUT2D eigenvalue weighted by molar-refractivity contribution is 5.49. The second-order valence-corrected chi connectivity index (χ2v) is 6.07. The zero-order valence-corrected chi connectivity index (χ0v) is 11.8.